The van der Waals surface area contributed by atoms with Gasteiger partial charge in [-0.15, -0.1) is 0 Å². The van der Waals surface area contributed by atoms with Gasteiger partial charge in [-0.25, -0.2) is 9.18 Å². The number of carbonyl (C=O) groups is 1. The molecule has 1 heterocycles. The van der Waals surface area contributed by atoms with Crippen molar-refractivity contribution in [1.29, 1.82) is 0 Å². The molecule has 0 radical (unpaired) electrons. The molecule has 3 N–H and O–H groups in total. The van der Waals surface area contributed by atoms with Crippen LogP contribution in [-0.2, 0) is 6.42 Å². The highest BCUT2D eigenvalue weighted by atomic mass is 19.1. The maximum absolute atomic E-state index is 13.2. The first kappa shape index (κ1) is 11.4. The molecule has 0 aliphatic carbocycles. The zero-order chi connectivity index (χ0) is 12.4. The summed E-state index contributed by atoms with van der Waals surface area (Å²) in [4.78, 5) is 13.5. The molecular weight excluding hydrogens is 223 g/mol. The number of aromatic nitrogens is 1. The van der Waals surface area contributed by atoms with Crippen LogP contribution >= 0.6 is 0 Å². The van der Waals surface area contributed by atoms with Crippen molar-refractivity contribution < 1.29 is 14.3 Å². The lowest BCUT2D eigenvalue weighted by molar-refractivity contribution is 0.194. The van der Waals surface area contributed by atoms with Crippen molar-refractivity contribution in [2.45, 2.75) is 13.3 Å². The van der Waals surface area contributed by atoms with Gasteiger partial charge in [-0.05, 0) is 37.1 Å². The average Bonchev–Trinajstić information content (AvgIpc) is 2.55. The number of hydrogen-bond acceptors (Lipinski definition) is 1. The monoisotopic (exact) mass is 236 g/mol. The fourth-order valence-corrected chi connectivity index (χ4v) is 1.97. The van der Waals surface area contributed by atoms with Crippen molar-refractivity contribution in [2.75, 3.05) is 6.54 Å². The molecule has 5 heteroatoms. The van der Waals surface area contributed by atoms with Crippen molar-refractivity contribution in [1.82, 2.24) is 10.3 Å². The summed E-state index contributed by atoms with van der Waals surface area (Å²) in [6.07, 6.45) is -0.504. The predicted molar refractivity (Wildman–Crippen MR) is 62.7 cm³/mol. The molecular formula is C12H13FN2O2. The highest BCUT2D eigenvalue weighted by molar-refractivity contribution is 5.84. The lowest BCUT2D eigenvalue weighted by Gasteiger charge is -2.02. The number of H-pyrrole nitrogens is 1. The Labute approximate surface area is 97.5 Å². The first-order valence-corrected chi connectivity index (χ1v) is 5.31. The zero-order valence-electron chi connectivity index (χ0n) is 9.38. The molecule has 0 unspecified atom stereocenters. The van der Waals surface area contributed by atoms with Crippen molar-refractivity contribution in [3.63, 3.8) is 0 Å². The molecule has 0 bridgehead atoms. The first-order valence-electron chi connectivity index (χ1n) is 5.31. The van der Waals surface area contributed by atoms with Crippen LogP contribution in [0.5, 0.6) is 0 Å². The number of amides is 1. The van der Waals surface area contributed by atoms with E-state index in [1.54, 1.807) is 6.07 Å². The molecule has 17 heavy (non-hydrogen) atoms. The molecule has 2 aromatic rings. The number of hydrogen-bond donors (Lipinski definition) is 3. The van der Waals surface area contributed by atoms with Crippen LogP contribution in [0.4, 0.5) is 9.18 Å². The van der Waals surface area contributed by atoms with Crippen LogP contribution in [-0.4, -0.2) is 22.7 Å². The van der Waals surface area contributed by atoms with Gasteiger partial charge in [0.2, 0.25) is 0 Å². The minimum atomic E-state index is -1.05. The van der Waals surface area contributed by atoms with E-state index in [2.05, 4.69) is 10.3 Å². The van der Waals surface area contributed by atoms with Gasteiger partial charge in [-0.3, -0.25) is 0 Å². The Morgan fingerprint density at radius 3 is 3.00 bits per heavy atom. The second kappa shape index (κ2) is 4.45. The van der Waals surface area contributed by atoms with Gasteiger partial charge in [0.25, 0.3) is 0 Å². The number of fused-ring (bicyclic) bond motifs is 1. The van der Waals surface area contributed by atoms with E-state index in [1.807, 2.05) is 6.92 Å². The lowest BCUT2D eigenvalue weighted by atomic mass is 10.1. The maximum Gasteiger partial charge on any atom is 0.404 e. The average molecular weight is 236 g/mol. The van der Waals surface area contributed by atoms with E-state index in [0.29, 0.717) is 13.0 Å². The van der Waals surface area contributed by atoms with Crippen molar-refractivity contribution >= 4 is 17.0 Å². The van der Waals surface area contributed by atoms with E-state index >= 15 is 0 Å². The van der Waals surface area contributed by atoms with E-state index in [1.165, 1.54) is 12.1 Å². The summed E-state index contributed by atoms with van der Waals surface area (Å²) in [5.41, 5.74) is 2.76. The van der Waals surface area contributed by atoms with Gasteiger partial charge in [-0.1, -0.05) is 0 Å². The van der Waals surface area contributed by atoms with E-state index in [0.717, 1.165) is 22.2 Å². The quantitative estimate of drug-likeness (QED) is 0.766. The minimum absolute atomic E-state index is 0.288. The Morgan fingerprint density at radius 1 is 1.53 bits per heavy atom. The minimum Gasteiger partial charge on any atom is -0.465 e. The maximum atomic E-state index is 13.2. The summed E-state index contributed by atoms with van der Waals surface area (Å²) in [5, 5.41) is 11.6. The topological polar surface area (TPSA) is 65.1 Å². The fourth-order valence-electron chi connectivity index (χ4n) is 1.97. The summed E-state index contributed by atoms with van der Waals surface area (Å²) in [6.45, 7) is 2.22. The third-order valence-corrected chi connectivity index (χ3v) is 2.73. The summed E-state index contributed by atoms with van der Waals surface area (Å²) in [6, 6.07) is 4.55. The van der Waals surface area contributed by atoms with Gasteiger partial charge < -0.3 is 15.4 Å². The molecule has 0 saturated carbocycles. The van der Waals surface area contributed by atoms with Gasteiger partial charge in [0, 0.05) is 23.1 Å². The van der Waals surface area contributed by atoms with Gasteiger partial charge in [0.15, 0.2) is 0 Å². The van der Waals surface area contributed by atoms with E-state index in [9.17, 15) is 9.18 Å². The molecule has 2 rings (SSSR count). The number of halogens is 1. The molecule has 1 amide bonds. The van der Waals surface area contributed by atoms with Gasteiger partial charge >= 0.3 is 6.09 Å². The summed E-state index contributed by atoms with van der Waals surface area (Å²) in [5.74, 6) is -0.288. The first-order chi connectivity index (χ1) is 8.08. The molecule has 4 nitrogen and oxygen atoms in total. The Kier molecular flexibility index (Phi) is 2.99. The lowest BCUT2D eigenvalue weighted by Crippen LogP contribution is -2.23. The van der Waals surface area contributed by atoms with Crippen LogP contribution in [0.2, 0.25) is 0 Å². The second-order valence-electron chi connectivity index (χ2n) is 3.90. The van der Waals surface area contributed by atoms with Gasteiger partial charge in [-0.2, -0.15) is 0 Å². The largest absolute Gasteiger partial charge is 0.465 e. The molecule has 90 valence electrons. The molecule has 0 spiro atoms. The zero-order valence-corrected chi connectivity index (χ0v) is 9.38. The van der Waals surface area contributed by atoms with E-state index in [-0.39, 0.29) is 5.82 Å². The van der Waals surface area contributed by atoms with E-state index in [4.69, 9.17) is 5.11 Å². The number of aromatic amines is 1. The molecule has 0 aliphatic rings. The smallest absolute Gasteiger partial charge is 0.404 e. The standard InChI is InChI=1S/C12H13FN2O2/c1-7-9(4-5-14-12(16)17)10-6-8(13)2-3-11(10)15-7/h2-3,6,14-15H,4-5H2,1H3,(H,16,17). The van der Waals surface area contributed by atoms with Crippen LogP contribution in [0.15, 0.2) is 18.2 Å². The Balaban J connectivity index is 2.28. The van der Waals surface area contributed by atoms with Crippen LogP contribution in [0.25, 0.3) is 10.9 Å². The van der Waals surface area contributed by atoms with Crippen molar-refractivity contribution in [3.8, 4) is 0 Å². The number of benzene rings is 1. The highest BCUT2D eigenvalue weighted by Crippen LogP contribution is 2.23. The molecule has 0 atom stereocenters. The molecule has 0 saturated heterocycles. The number of rotatable bonds is 3. The second-order valence-corrected chi connectivity index (χ2v) is 3.90. The summed E-state index contributed by atoms with van der Waals surface area (Å²) < 4.78 is 13.2. The SMILES string of the molecule is Cc1[nH]c2ccc(F)cc2c1CCNC(=O)O. The van der Waals surface area contributed by atoms with Crippen LogP contribution in [0, 0.1) is 12.7 Å². The third-order valence-electron chi connectivity index (χ3n) is 2.73. The summed E-state index contributed by atoms with van der Waals surface area (Å²) in [7, 11) is 0. The Bertz CT molecular complexity index is 563. The predicted octanol–water partition coefficient (Wildman–Crippen LogP) is 2.43. The third kappa shape index (κ3) is 2.38. The van der Waals surface area contributed by atoms with Crippen LogP contribution in [0.1, 0.15) is 11.3 Å². The highest BCUT2D eigenvalue weighted by Gasteiger charge is 2.09. The van der Waals surface area contributed by atoms with Gasteiger partial charge in [0.05, 0.1) is 0 Å². The van der Waals surface area contributed by atoms with Crippen LogP contribution < -0.4 is 5.32 Å². The molecule has 0 aliphatic heterocycles. The Morgan fingerprint density at radius 2 is 2.29 bits per heavy atom. The summed E-state index contributed by atoms with van der Waals surface area (Å²) >= 11 is 0. The number of aryl methyl sites for hydroxylation is 1. The van der Waals surface area contributed by atoms with Crippen molar-refractivity contribution in [3.05, 3.63) is 35.3 Å². The Hall–Kier alpha value is -2.04. The molecule has 1 aromatic heterocycles. The fraction of sp³-hybridized carbons (Fsp3) is 0.250. The van der Waals surface area contributed by atoms with Crippen LogP contribution in [0.3, 0.4) is 0 Å². The normalized spacial score (nSPS) is 10.7. The molecule has 0 fully saturated rings. The number of nitrogens with one attached hydrogen (secondary N) is 2. The van der Waals surface area contributed by atoms with Crippen molar-refractivity contribution in [2.24, 2.45) is 0 Å². The van der Waals surface area contributed by atoms with Gasteiger partial charge in [0.1, 0.15) is 5.82 Å². The molecule has 1 aromatic carbocycles. The van der Waals surface area contributed by atoms with E-state index < -0.39 is 6.09 Å². The number of carboxylic acid groups (broad SMARTS) is 1.